The van der Waals surface area contributed by atoms with Crippen LogP contribution in [-0.4, -0.2) is 26.2 Å². The molecule has 1 aliphatic carbocycles. The van der Waals surface area contributed by atoms with E-state index in [0.717, 1.165) is 40.5 Å². The van der Waals surface area contributed by atoms with Crippen LogP contribution in [0, 0.1) is 11.8 Å². The summed E-state index contributed by atoms with van der Waals surface area (Å²) in [5.41, 5.74) is 3.33. The Balaban J connectivity index is 1.54. The van der Waals surface area contributed by atoms with Crippen molar-refractivity contribution >= 4 is 5.97 Å². The van der Waals surface area contributed by atoms with Gasteiger partial charge in [0.15, 0.2) is 23.0 Å². The van der Waals surface area contributed by atoms with Crippen molar-refractivity contribution in [3.63, 3.8) is 0 Å². The lowest BCUT2D eigenvalue weighted by molar-refractivity contribution is -0.141. The summed E-state index contributed by atoms with van der Waals surface area (Å²) in [6, 6.07) is 9.98. The third-order valence-corrected chi connectivity index (χ3v) is 5.79. The molecule has 6 nitrogen and oxygen atoms in total. The molecule has 4 aliphatic rings. The van der Waals surface area contributed by atoms with Gasteiger partial charge < -0.3 is 23.7 Å². The van der Waals surface area contributed by atoms with Crippen molar-refractivity contribution < 1.29 is 28.5 Å². The van der Waals surface area contributed by atoms with Crippen molar-refractivity contribution in [3.8, 4) is 23.0 Å². The van der Waals surface area contributed by atoms with Crippen molar-refractivity contribution in [1.82, 2.24) is 0 Å². The predicted molar refractivity (Wildman–Crippen MR) is 88.6 cm³/mol. The summed E-state index contributed by atoms with van der Waals surface area (Å²) in [5.74, 6) is 2.73. The zero-order valence-corrected chi connectivity index (χ0v) is 13.9. The molecule has 0 aromatic heterocycles. The number of hydrogen-bond donors (Lipinski definition) is 0. The molecule has 0 N–H and O–H groups in total. The SMILES string of the molecule is O=C1OC[C@H]2Cc3cc4c(cc3[C@@H](c3ccc5c(c3)OCO5)[C@H]12)OCO4. The lowest BCUT2D eigenvalue weighted by atomic mass is 9.67. The second-order valence-electron chi connectivity index (χ2n) is 7.11. The highest BCUT2D eigenvalue weighted by molar-refractivity contribution is 5.78. The minimum Gasteiger partial charge on any atom is -0.465 e. The maximum Gasteiger partial charge on any atom is 0.310 e. The Morgan fingerprint density at radius 3 is 2.38 bits per heavy atom. The van der Waals surface area contributed by atoms with E-state index in [1.807, 2.05) is 24.3 Å². The van der Waals surface area contributed by atoms with E-state index in [2.05, 4.69) is 6.07 Å². The number of hydrogen-bond acceptors (Lipinski definition) is 6. The molecular weight excluding hydrogens is 336 g/mol. The fourth-order valence-electron chi connectivity index (χ4n) is 4.61. The number of esters is 1. The zero-order chi connectivity index (χ0) is 17.3. The van der Waals surface area contributed by atoms with Crippen molar-refractivity contribution in [1.29, 1.82) is 0 Å². The lowest BCUT2D eigenvalue weighted by Gasteiger charge is -2.33. The minimum atomic E-state index is -0.191. The molecule has 0 spiro atoms. The molecule has 1 fully saturated rings. The van der Waals surface area contributed by atoms with Crippen LogP contribution in [0.15, 0.2) is 30.3 Å². The lowest BCUT2D eigenvalue weighted by Crippen LogP contribution is -2.31. The second kappa shape index (κ2) is 5.06. The molecule has 0 unspecified atom stereocenters. The highest BCUT2D eigenvalue weighted by Gasteiger charge is 2.48. The van der Waals surface area contributed by atoms with E-state index in [9.17, 15) is 4.79 Å². The van der Waals surface area contributed by atoms with Crippen LogP contribution in [0.1, 0.15) is 22.6 Å². The minimum absolute atomic E-state index is 0.0947. The van der Waals surface area contributed by atoms with Crippen LogP contribution in [0.4, 0.5) is 0 Å². The van der Waals surface area contributed by atoms with Gasteiger partial charge in [0.25, 0.3) is 0 Å². The van der Waals surface area contributed by atoms with Gasteiger partial charge in [-0.05, 0) is 47.4 Å². The monoisotopic (exact) mass is 352 g/mol. The predicted octanol–water partition coefficient (Wildman–Crippen LogP) is 2.62. The van der Waals surface area contributed by atoms with Crippen molar-refractivity contribution in [2.24, 2.45) is 11.8 Å². The van der Waals surface area contributed by atoms with Gasteiger partial charge in [-0.15, -0.1) is 0 Å². The summed E-state index contributed by atoms with van der Waals surface area (Å²) in [4.78, 5) is 12.5. The standard InChI is InChI=1S/C20H16O6/c21-20-19-12(7-22-20)3-11-5-16-17(26-9-25-16)6-13(11)18(19)10-1-2-14-15(4-10)24-8-23-14/h1-2,4-6,12,18-19H,3,7-9H2/t12-,18-,19-/m1/s1. The van der Waals surface area contributed by atoms with E-state index < -0.39 is 0 Å². The Morgan fingerprint density at radius 2 is 1.54 bits per heavy atom. The number of rotatable bonds is 1. The van der Waals surface area contributed by atoms with Crippen LogP contribution in [0.3, 0.4) is 0 Å². The number of benzene rings is 2. The van der Waals surface area contributed by atoms with Crippen molar-refractivity contribution in [3.05, 3.63) is 47.0 Å². The summed E-state index contributed by atoms with van der Waals surface area (Å²) in [5, 5.41) is 0. The number of cyclic esters (lactones) is 1. The highest BCUT2D eigenvalue weighted by Crippen LogP contribution is 2.51. The molecule has 2 aromatic carbocycles. The molecule has 132 valence electrons. The van der Waals surface area contributed by atoms with Gasteiger partial charge in [-0.1, -0.05) is 6.07 Å². The largest absolute Gasteiger partial charge is 0.465 e. The molecule has 6 heteroatoms. The van der Waals surface area contributed by atoms with Gasteiger partial charge in [0, 0.05) is 11.8 Å². The van der Waals surface area contributed by atoms with Crippen LogP contribution in [-0.2, 0) is 16.0 Å². The summed E-state index contributed by atoms with van der Waals surface area (Å²) < 4.78 is 27.5. The molecule has 3 aliphatic heterocycles. The Bertz CT molecular complexity index is 936. The van der Waals surface area contributed by atoms with Crippen LogP contribution in [0.25, 0.3) is 0 Å². The smallest absolute Gasteiger partial charge is 0.310 e. The van der Waals surface area contributed by atoms with Crippen LogP contribution in [0.5, 0.6) is 23.0 Å². The van der Waals surface area contributed by atoms with Gasteiger partial charge in [-0.2, -0.15) is 0 Å². The number of ether oxygens (including phenoxy) is 5. The van der Waals surface area contributed by atoms with E-state index in [-0.39, 0.29) is 37.3 Å². The van der Waals surface area contributed by atoms with Gasteiger partial charge >= 0.3 is 5.97 Å². The fraction of sp³-hybridized carbons (Fsp3) is 0.350. The van der Waals surface area contributed by atoms with Crippen molar-refractivity contribution in [2.45, 2.75) is 12.3 Å². The first kappa shape index (κ1) is 14.3. The molecule has 0 bridgehead atoms. The quantitative estimate of drug-likeness (QED) is 0.735. The topological polar surface area (TPSA) is 63.2 Å². The summed E-state index contributed by atoms with van der Waals surface area (Å²) in [6.07, 6.45) is 0.809. The molecule has 3 heterocycles. The Hall–Kier alpha value is -2.89. The number of fused-ring (bicyclic) bond motifs is 4. The van der Waals surface area contributed by atoms with Crippen LogP contribution >= 0.6 is 0 Å². The van der Waals surface area contributed by atoms with Gasteiger partial charge in [0.05, 0.1) is 12.5 Å². The molecule has 0 amide bonds. The average Bonchev–Trinajstić information content (AvgIpc) is 3.37. The molecular formula is C20H16O6. The molecule has 1 saturated heterocycles. The molecule has 26 heavy (non-hydrogen) atoms. The summed E-state index contributed by atoms with van der Waals surface area (Å²) >= 11 is 0. The highest BCUT2D eigenvalue weighted by atomic mass is 16.7. The Labute approximate surface area is 149 Å². The third-order valence-electron chi connectivity index (χ3n) is 5.79. The number of carbonyl (C=O) groups is 1. The molecule has 6 rings (SSSR count). The van der Waals surface area contributed by atoms with Gasteiger partial charge in [0.1, 0.15) is 0 Å². The number of carbonyl (C=O) groups excluding carboxylic acids is 1. The van der Waals surface area contributed by atoms with E-state index in [1.54, 1.807) is 0 Å². The van der Waals surface area contributed by atoms with E-state index in [1.165, 1.54) is 5.56 Å². The third kappa shape index (κ3) is 1.90. The summed E-state index contributed by atoms with van der Waals surface area (Å²) in [7, 11) is 0. The van der Waals surface area contributed by atoms with E-state index in [0.29, 0.717) is 6.61 Å². The van der Waals surface area contributed by atoms with Gasteiger partial charge in [0.2, 0.25) is 13.6 Å². The maximum absolute atomic E-state index is 12.5. The van der Waals surface area contributed by atoms with E-state index in [4.69, 9.17) is 23.7 Å². The summed E-state index contributed by atoms with van der Waals surface area (Å²) in [6.45, 7) is 0.938. The molecule has 2 aromatic rings. The molecule has 0 saturated carbocycles. The molecule has 0 radical (unpaired) electrons. The van der Waals surface area contributed by atoms with E-state index >= 15 is 0 Å². The first-order valence-corrected chi connectivity index (χ1v) is 8.76. The maximum atomic E-state index is 12.5. The second-order valence-corrected chi connectivity index (χ2v) is 7.11. The Morgan fingerprint density at radius 1 is 0.808 bits per heavy atom. The van der Waals surface area contributed by atoms with Crippen LogP contribution in [0.2, 0.25) is 0 Å². The van der Waals surface area contributed by atoms with Gasteiger partial charge in [-0.3, -0.25) is 4.79 Å². The fourth-order valence-corrected chi connectivity index (χ4v) is 4.61. The normalized spacial score (nSPS) is 27.1. The molecule has 3 atom stereocenters. The first-order valence-electron chi connectivity index (χ1n) is 8.76. The first-order chi connectivity index (χ1) is 12.8. The van der Waals surface area contributed by atoms with Gasteiger partial charge in [-0.25, -0.2) is 0 Å². The zero-order valence-electron chi connectivity index (χ0n) is 13.9. The van der Waals surface area contributed by atoms with Crippen LogP contribution < -0.4 is 18.9 Å². The van der Waals surface area contributed by atoms with Crippen molar-refractivity contribution in [2.75, 3.05) is 20.2 Å². The Kier molecular flexibility index (Phi) is 2.78. The average molecular weight is 352 g/mol.